The minimum absolute atomic E-state index is 0.352. The lowest BCUT2D eigenvalue weighted by Gasteiger charge is -2.06. The molecule has 1 rings (SSSR count). The summed E-state index contributed by atoms with van der Waals surface area (Å²) >= 11 is 0. The minimum atomic E-state index is -0.459. The molecule has 0 unspecified atom stereocenters. The first-order valence-electron chi connectivity index (χ1n) is 7.04. The molecule has 0 N–H and O–H groups in total. The molecule has 0 saturated heterocycles. The Bertz CT molecular complexity index is 440. The Kier molecular flexibility index (Phi) is 7.40. The SMILES string of the molecule is CCCCCCCOC(=O)c1cccc(C(=O)OC)c1. The number of unbranched alkanes of at least 4 members (excludes halogenated alkanes) is 4. The molecule has 20 heavy (non-hydrogen) atoms. The lowest BCUT2D eigenvalue weighted by atomic mass is 10.1. The number of rotatable bonds is 8. The number of carbonyl (C=O) groups is 2. The summed E-state index contributed by atoms with van der Waals surface area (Å²) in [7, 11) is 1.31. The number of methoxy groups -OCH3 is 1. The zero-order valence-corrected chi connectivity index (χ0v) is 12.2. The highest BCUT2D eigenvalue weighted by atomic mass is 16.5. The molecule has 0 atom stereocenters. The van der Waals surface area contributed by atoms with Gasteiger partial charge in [-0.25, -0.2) is 9.59 Å². The van der Waals surface area contributed by atoms with E-state index in [9.17, 15) is 9.59 Å². The molecule has 4 nitrogen and oxygen atoms in total. The quantitative estimate of drug-likeness (QED) is 0.538. The Morgan fingerprint density at radius 1 is 1.00 bits per heavy atom. The molecule has 1 aromatic carbocycles. The second-order valence-electron chi connectivity index (χ2n) is 4.62. The van der Waals surface area contributed by atoms with Crippen molar-refractivity contribution in [1.82, 2.24) is 0 Å². The monoisotopic (exact) mass is 278 g/mol. The van der Waals surface area contributed by atoms with Crippen LogP contribution < -0.4 is 0 Å². The molecule has 110 valence electrons. The van der Waals surface area contributed by atoms with E-state index >= 15 is 0 Å². The van der Waals surface area contributed by atoms with Crippen molar-refractivity contribution in [2.24, 2.45) is 0 Å². The molecule has 4 heteroatoms. The maximum Gasteiger partial charge on any atom is 0.338 e. The molecule has 0 bridgehead atoms. The smallest absolute Gasteiger partial charge is 0.338 e. The Balaban J connectivity index is 2.41. The Labute approximate surface area is 120 Å². The van der Waals surface area contributed by atoms with Crippen molar-refractivity contribution in [2.75, 3.05) is 13.7 Å². The summed E-state index contributed by atoms with van der Waals surface area (Å²) in [6.07, 6.45) is 5.53. The summed E-state index contributed by atoms with van der Waals surface area (Å²) in [4.78, 5) is 23.2. The zero-order valence-electron chi connectivity index (χ0n) is 12.2. The average molecular weight is 278 g/mol. The summed E-state index contributed by atoms with van der Waals surface area (Å²) in [6, 6.07) is 6.37. The third kappa shape index (κ3) is 5.43. The summed E-state index contributed by atoms with van der Waals surface area (Å²) in [6.45, 7) is 2.58. The van der Waals surface area contributed by atoms with Gasteiger partial charge in [0.2, 0.25) is 0 Å². The second kappa shape index (κ2) is 9.13. The van der Waals surface area contributed by atoms with E-state index in [4.69, 9.17) is 4.74 Å². The van der Waals surface area contributed by atoms with Crippen LogP contribution in [0.4, 0.5) is 0 Å². The molecule has 0 fully saturated rings. The molecule has 0 aliphatic carbocycles. The Morgan fingerprint density at radius 3 is 2.30 bits per heavy atom. The first kappa shape index (κ1) is 16.2. The number of benzene rings is 1. The molecule has 0 aliphatic heterocycles. The number of carbonyl (C=O) groups excluding carboxylic acids is 2. The van der Waals surface area contributed by atoms with E-state index in [1.54, 1.807) is 18.2 Å². The van der Waals surface area contributed by atoms with E-state index in [-0.39, 0.29) is 0 Å². The van der Waals surface area contributed by atoms with Crippen molar-refractivity contribution < 1.29 is 19.1 Å². The third-order valence-electron chi connectivity index (χ3n) is 3.00. The van der Waals surface area contributed by atoms with Crippen molar-refractivity contribution in [3.8, 4) is 0 Å². The van der Waals surface area contributed by atoms with Crippen LogP contribution in [0.3, 0.4) is 0 Å². The van der Waals surface area contributed by atoms with Gasteiger partial charge in [-0.1, -0.05) is 38.7 Å². The number of hydrogen-bond acceptors (Lipinski definition) is 4. The number of ether oxygens (including phenoxy) is 2. The molecular formula is C16H22O4. The van der Waals surface area contributed by atoms with Gasteiger partial charge in [-0.3, -0.25) is 0 Å². The van der Waals surface area contributed by atoms with Gasteiger partial charge in [-0.15, -0.1) is 0 Å². The van der Waals surface area contributed by atoms with E-state index in [2.05, 4.69) is 11.7 Å². The van der Waals surface area contributed by atoms with Crippen LogP contribution in [0, 0.1) is 0 Å². The van der Waals surface area contributed by atoms with Crippen LogP contribution >= 0.6 is 0 Å². The van der Waals surface area contributed by atoms with E-state index in [0.717, 1.165) is 12.8 Å². The molecule has 0 saturated carbocycles. The van der Waals surface area contributed by atoms with Gasteiger partial charge in [0.1, 0.15) is 0 Å². The largest absolute Gasteiger partial charge is 0.465 e. The lowest BCUT2D eigenvalue weighted by Crippen LogP contribution is -2.08. The van der Waals surface area contributed by atoms with Crippen LogP contribution in [0.5, 0.6) is 0 Å². The van der Waals surface area contributed by atoms with E-state index in [1.807, 2.05) is 0 Å². The van der Waals surface area contributed by atoms with Crippen LogP contribution in [0.1, 0.15) is 59.7 Å². The molecule has 0 spiro atoms. The fourth-order valence-electron chi connectivity index (χ4n) is 1.84. The van der Waals surface area contributed by atoms with Crippen molar-refractivity contribution in [2.45, 2.75) is 39.0 Å². The molecule has 0 aromatic heterocycles. The fraction of sp³-hybridized carbons (Fsp3) is 0.500. The molecule has 0 amide bonds. The summed E-state index contributed by atoms with van der Waals surface area (Å²) in [5.74, 6) is -0.856. The molecule has 0 heterocycles. The fourth-order valence-corrected chi connectivity index (χ4v) is 1.84. The first-order chi connectivity index (χ1) is 9.69. The Morgan fingerprint density at radius 2 is 1.65 bits per heavy atom. The molecule has 1 aromatic rings. The van der Waals surface area contributed by atoms with Gasteiger partial charge in [-0.2, -0.15) is 0 Å². The summed E-state index contributed by atoms with van der Waals surface area (Å²) < 4.78 is 9.80. The number of hydrogen-bond donors (Lipinski definition) is 0. The number of esters is 2. The molecule has 0 radical (unpaired) electrons. The summed E-state index contributed by atoms with van der Waals surface area (Å²) in [5.41, 5.74) is 0.728. The topological polar surface area (TPSA) is 52.6 Å². The van der Waals surface area contributed by atoms with Crippen LogP contribution in [0.25, 0.3) is 0 Å². The van der Waals surface area contributed by atoms with Crippen molar-refractivity contribution in [3.63, 3.8) is 0 Å². The summed E-state index contributed by atoms with van der Waals surface area (Å²) in [5, 5.41) is 0. The third-order valence-corrected chi connectivity index (χ3v) is 3.00. The van der Waals surface area contributed by atoms with Gasteiger partial charge >= 0.3 is 11.9 Å². The Hall–Kier alpha value is -1.84. The van der Waals surface area contributed by atoms with Crippen LogP contribution in [0.2, 0.25) is 0 Å². The average Bonchev–Trinajstić information content (AvgIpc) is 2.49. The highest BCUT2D eigenvalue weighted by Gasteiger charge is 2.11. The van der Waals surface area contributed by atoms with Crippen LogP contribution in [-0.2, 0) is 9.47 Å². The van der Waals surface area contributed by atoms with Gasteiger partial charge in [0, 0.05) is 0 Å². The van der Waals surface area contributed by atoms with Crippen LogP contribution in [-0.4, -0.2) is 25.7 Å². The van der Waals surface area contributed by atoms with E-state index in [0.29, 0.717) is 17.7 Å². The highest BCUT2D eigenvalue weighted by molar-refractivity contribution is 5.95. The van der Waals surface area contributed by atoms with Gasteiger partial charge < -0.3 is 9.47 Å². The second-order valence-corrected chi connectivity index (χ2v) is 4.62. The first-order valence-corrected chi connectivity index (χ1v) is 7.04. The molecule has 0 aliphatic rings. The minimum Gasteiger partial charge on any atom is -0.465 e. The molecular weight excluding hydrogens is 256 g/mol. The predicted molar refractivity (Wildman–Crippen MR) is 76.8 cm³/mol. The predicted octanol–water partition coefficient (Wildman–Crippen LogP) is 3.60. The normalized spacial score (nSPS) is 10.1. The van der Waals surface area contributed by atoms with E-state index < -0.39 is 11.9 Å². The lowest BCUT2D eigenvalue weighted by molar-refractivity contribution is 0.0497. The van der Waals surface area contributed by atoms with Crippen molar-refractivity contribution >= 4 is 11.9 Å². The van der Waals surface area contributed by atoms with Gasteiger partial charge in [-0.05, 0) is 24.6 Å². The van der Waals surface area contributed by atoms with Crippen molar-refractivity contribution in [1.29, 1.82) is 0 Å². The van der Waals surface area contributed by atoms with Gasteiger partial charge in [0.15, 0.2) is 0 Å². The van der Waals surface area contributed by atoms with Gasteiger partial charge in [0.05, 0.1) is 24.8 Å². The standard InChI is InChI=1S/C16H22O4/c1-3-4-5-6-7-11-20-16(18)14-10-8-9-13(12-14)15(17)19-2/h8-10,12H,3-7,11H2,1-2H3. The van der Waals surface area contributed by atoms with Crippen LogP contribution in [0.15, 0.2) is 24.3 Å². The highest BCUT2D eigenvalue weighted by Crippen LogP contribution is 2.09. The maximum absolute atomic E-state index is 11.8. The zero-order chi connectivity index (χ0) is 14.8. The van der Waals surface area contributed by atoms with Gasteiger partial charge in [0.25, 0.3) is 0 Å². The van der Waals surface area contributed by atoms with Crippen molar-refractivity contribution in [3.05, 3.63) is 35.4 Å². The maximum atomic E-state index is 11.8. The van der Waals surface area contributed by atoms with E-state index in [1.165, 1.54) is 32.4 Å².